The minimum Gasteiger partial charge on any atom is -0.493 e. The number of fused-ring (bicyclic) bond motifs is 1. The van der Waals surface area contributed by atoms with Gasteiger partial charge in [0.1, 0.15) is 0 Å². The van der Waals surface area contributed by atoms with Crippen LogP contribution in [0, 0.1) is 6.92 Å². The number of aromatic amines is 1. The molecule has 0 fully saturated rings. The highest BCUT2D eigenvalue weighted by atomic mass is 32.2. The van der Waals surface area contributed by atoms with E-state index in [0.717, 1.165) is 22.4 Å². The quantitative estimate of drug-likeness (QED) is 0.198. The molecule has 5 aromatic rings. The molecule has 4 aromatic carbocycles. The summed E-state index contributed by atoms with van der Waals surface area (Å²) >= 11 is 0. The molecule has 0 saturated heterocycles. The average molecular weight is 608 g/mol. The van der Waals surface area contributed by atoms with Crippen LogP contribution in [-0.2, 0) is 21.9 Å². The molecule has 0 bridgehead atoms. The van der Waals surface area contributed by atoms with E-state index in [-0.39, 0.29) is 4.90 Å². The Morgan fingerprint density at radius 1 is 0.795 bits per heavy atom. The van der Waals surface area contributed by atoms with E-state index in [9.17, 15) is 8.42 Å². The van der Waals surface area contributed by atoms with Crippen LogP contribution in [0.3, 0.4) is 0 Å². The number of aromatic nitrogens is 2. The molecular formula is C35H33N3O5S. The zero-order chi connectivity index (χ0) is 30.9. The third kappa shape index (κ3) is 4.79. The summed E-state index contributed by atoms with van der Waals surface area (Å²) in [7, 11) is 0.764. The van der Waals surface area contributed by atoms with Gasteiger partial charge in [-0.3, -0.25) is 5.10 Å². The fourth-order valence-corrected chi connectivity index (χ4v) is 7.34. The second-order valence-corrected chi connectivity index (χ2v) is 12.4. The molecular weight excluding hydrogens is 574 g/mol. The average Bonchev–Trinajstić information content (AvgIpc) is 3.47. The first-order chi connectivity index (χ1) is 21.3. The molecule has 224 valence electrons. The maximum atomic E-state index is 14.2. The van der Waals surface area contributed by atoms with Crippen molar-refractivity contribution in [1.82, 2.24) is 10.2 Å². The van der Waals surface area contributed by atoms with Gasteiger partial charge in [-0.15, -0.1) is 0 Å². The van der Waals surface area contributed by atoms with Gasteiger partial charge in [-0.25, -0.2) is 12.7 Å². The van der Waals surface area contributed by atoms with Gasteiger partial charge in [0, 0.05) is 28.7 Å². The Balaban J connectivity index is 1.54. The molecule has 1 aliphatic rings. The molecule has 0 aliphatic heterocycles. The fourth-order valence-electron chi connectivity index (χ4n) is 5.88. The van der Waals surface area contributed by atoms with Crippen molar-refractivity contribution in [1.29, 1.82) is 0 Å². The van der Waals surface area contributed by atoms with Crippen molar-refractivity contribution >= 4 is 27.6 Å². The van der Waals surface area contributed by atoms with Crippen LogP contribution in [0.15, 0.2) is 108 Å². The number of sulfonamides is 1. The molecule has 1 aromatic heterocycles. The number of nitrogens with zero attached hydrogens (tertiary/aromatic N) is 2. The van der Waals surface area contributed by atoms with Crippen LogP contribution in [0.25, 0.3) is 6.08 Å². The Kier molecular flexibility index (Phi) is 7.65. The normalized spacial score (nSPS) is 15.8. The molecule has 0 radical (unpaired) electrons. The van der Waals surface area contributed by atoms with Crippen molar-refractivity contribution in [3.8, 4) is 17.2 Å². The van der Waals surface area contributed by atoms with Crippen LogP contribution in [0.2, 0.25) is 0 Å². The second-order valence-electron chi connectivity index (χ2n) is 10.6. The Hall–Kier alpha value is -5.02. The number of hydrogen-bond acceptors (Lipinski definition) is 6. The fraction of sp³-hybridized carbons (Fsp3) is 0.171. The first-order valence-electron chi connectivity index (χ1n) is 14.1. The predicted octanol–water partition coefficient (Wildman–Crippen LogP) is 6.83. The van der Waals surface area contributed by atoms with Crippen molar-refractivity contribution in [2.45, 2.75) is 23.7 Å². The lowest BCUT2D eigenvalue weighted by molar-refractivity contribution is 0.319. The van der Waals surface area contributed by atoms with Crippen molar-refractivity contribution in [2.75, 3.05) is 25.6 Å². The third-order valence-electron chi connectivity index (χ3n) is 8.07. The van der Waals surface area contributed by atoms with Crippen molar-refractivity contribution in [3.63, 3.8) is 0 Å². The standard InChI is InChI=1S/C35H33N3O5S/c1-24-15-17-27(18-16-24)44(39,40)38(26-13-9-6-10-14-26)34-28-21-22-35(23-30(28)36-37-34,25-11-7-5-8-12-25)29-19-20-31(41-2)33(43-4)32(29)42-3/h5-22H,23H2,1-4H3,(H,36,37). The number of H-pyrrole nitrogens is 1. The van der Waals surface area contributed by atoms with Gasteiger partial charge >= 0.3 is 0 Å². The molecule has 8 nitrogen and oxygen atoms in total. The number of methoxy groups -OCH3 is 3. The Labute approximate surface area is 257 Å². The van der Waals surface area contributed by atoms with Gasteiger partial charge in [-0.05, 0) is 42.8 Å². The largest absolute Gasteiger partial charge is 0.493 e. The summed E-state index contributed by atoms with van der Waals surface area (Å²) in [6.07, 6.45) is 4.49. The Morgan fingerprint density at radius 3 is 2.09 bits per heavy atom. The highest BCUT2D eigenvalue weighted by Crippen LogP contribution is 2.51. The summed E-state index contributed by atoms with van der Waals surface area (Å²) in [6, 6.07) is 29.8. The molecule has 1 atom stereocenters. The van der Waals surface area contributed by atoms with Crippen molar-refractivity contribution in [2.24, 2.45) is 0 Å². The van der Waals surface area contributed by atoms with Gasteiger partial charge in [0.15, 0.2) is 17.3 Å². The maximum absolute atomic E-state index is 14.2. The van der Waals surface area contributed by atoms with E-state index in [1.165, 1.54) is 4.31 Å². The zero-order valence-corrected chi connectivity index (χ0v) is 25.8. The molecule has 1 N–H and O–H groups in total. The summed E-state index contributed by atoms with van der Waals surface area (Å²) < 4.78 is 47.0. The van der Waals surface area contributed by atoms with Crippen LogP contribution in [0.4, 0.5) is 11.5 Å². The van der Waals surface area contributed by atoms with Crippen LogP contribution in [-0.4, -0.2) is 39.9 Å². The van der Waals surface area contributed by atoms with Crippen LogP contribution in [0.5, 0.6) is 17.2 Å². The summed E-state index contributed by atoms with van der Waals surface area (Å²) in [6.45, 7) is 1.92. The topological polar surface area (TPSA) is 93.8 Å². The summed E-state index contributed by atoms with van der Waals surface area (Å²) in [5.41, 5.74) is 4.12. The highest BCUT2D eigenvalue weighted by Gasteiger charge is 2.41. The lowest BCUT2D eigenvalue weighted by Crippen LogP contribution is -2.32. The van der Waals surface area contributed by atoms with E-state index >= 15 is 0 Å². The van der Waals surface area contributed by atoms with Gasteiger partial charge in [0.2, 0.25) is 5.75 Å². The Bertz CT molecular complexity index is 1920. The molecule has 9 heteroatoms. The smallest absolute Gasteiger partial charge is 0.269 e. The van der Waals surface area contributed by atoms with E-state index in [1.807, 2.05) is 61.5 Å². The van der Waals surface area contributed by atoms with E-state index in [2.05, 4.69) is 28.4 Å². The number of nitrogens with one attached hydrogen (secondary N) is 1. The molecule has 1 heterocycles. The number of rotatable bonds is 9. The van der Waals surface area contributed by atoms with E-state index in [4.69, 9.17) is 14.2 Å². The van der Waals surface area contributed by atoms with Crippen LogP contribution in [0.1, 0.15) is 27.9 Å². The highest BCUT2D eigenvalue weighted by molar-refractivity contribution is 7.93. The van der Waals surface area contributed by atoms with E-state index in [0.29, 0.717) is 40.7 Å². The minimum absolute atomic E-state index is 0.178. The van der Waals surface area contributed by atoms with Gasteiger partial charge in [-0.1, -0.05) is 84.4 Å². The monoisotopic (exact) mass is 607 g/mol. The Morgan fingerprint density at radius 2 is 1.45 bits per heavy atom. The summed E-state index contributed by atoms with van der Waals surface area (Å²) in [5, 5.41) is 7.82. The summed E-state index contributed by atoms with van der Waals surface area (Å²) in [5.74, 6) is 1.90. The maximum Gasteiger partial charge on any atom is 0.269 e. The van der Waals surface area contributed by atoms with Gasteiger partial charge < -0.3 is 14.2 Å². The molecule has 0 amide bonds. The molecule has 44 heavy (non-hydrogen) atoms. The SMILES string of the molecule is COc1ccc(C2(c3ccccc3)C=Cc3c(N(c4ccccc4)S(=O)(=O)c4ccc(C)cc4)n[nH]c3C2)c(OC)c1OC. The molecule has 0 spiro atoms. The zero-order valence-electron chi connectivity index (χ0n) is 24.9. The molecule has 1 aliphatic carbocycles. The number of benzene rings is 4. The van der Waals surface area contributed by atoms with E-state index < -0.39 is 15.4 Å². The first-order valence-corrected chi connectivity index (χ1v) is 15.6. The van der Waals surface area contributed by atoms with Crippen LogP contribution >= 0.6 is 0 Å². The summed E-state index contributed by atoms with van der Waals surface area (Å²) in [4.78, 5) is 0.178. The van der Waals surface area contributed by atoms with Crippen molar-refractivity contribution < 1.29 is 22.6 Å². The number of ether oxygens (including phenoxy) is 3. The van der Waals surface area contributed by atoms with Crippen molar-refractivity contribution in [3.05, 3.63) is 131 Å². The molecule has 1 unspecified atom stereocenters. The molecule has 0 saturated carbocycles. The predicted molar refractivity (Wildman–Crippen MR) is 172 cm³/mol. The van der Waals surface area contributed by atoms with Gasteiger partial charge in [0.25, 0.3) is 10.0 Å². The third-order valence-corrected chi connectivity index (χ3v) is 9.80. The molecule has 6 rings (SSSR count). The van der Waals surface area contributed by atoms with Crippen LogP contribution < -0.4 is 18.5 Å². The van der Waals surface area contributed by atoms with E-state index in [1.54, 1.807) is 57.7 Å². The lowest BCUT2D eigenvalue weighted by atomic mass is 9.68. The number of allylic oxidation sites excluding steroid dienone is 1. The number of anilines is 2. The van der Waals surface area contributed by atoms with Gasteiger partial charge in [0.05, 0.1) is 31.9 Å². The minimum atomic E-state index is -4.02. The number of para-hydroxylation sites is 1. The van der Waals surface area contributed by atoms with Gasteiger partial charge in [-0.2, -0.15) is 5.10 Å². The number of aryl methyl sites for hydroxylation is 1. The lowest BCUT2D eigenvalue weighted by Gasteiger charge is -2.36. The first kappa shape index (κ1) is 29.1. The second kappa shape index (κ2) is 11.6. The number of hydrogen-bond donors (Lipinski definition) is 1.